The van der Waals surface area contributed by atoms with Crippen molar-refractivity contribution < 1.29 is 0 Å². The van der Waals surface area contributed by atoms with Crippen molar-refractivity contribution in [3.63, 3.8) is 0 Å². The quantitative estimate of drug-likeness (QED) is 0.491. The standard InChI is InChI=1S/C16H12N2/c1-2-6-12(7-3-1)16-14-9-5-4-8-13(14)15-10-17-11-18(15)16/h1-11,16H. The van der Waals surface area contributed by atoms with Gasteiger partial charge in [-0.25, -0.2) is 4.98 Å². The summed E-state index contributed by atoms with van der Waals surface area (Å²) in [5.41, 5.74) is 5.17. The Hall–Kier alpha value is -2.35. The number of fused-ring (bicyclic) bond motifs is 3. The van der Waals surface area contributed by atoms with Gasteiger partial charge in [0, 0.05) is 5.56 Å². The molecule has 2 aromatic carbocycles. The first-order valence-corrected chi connectivity index (χ1v) is 6.11. The van der Waals surface area contributed by atoms with E-state index in [0.29, 0.717) is 0 Å². The van der Waals surface area contributed by atoms with E-state index in [-0.39, 0.29) is 6.04 Å². The van der Waals surface area contributed by atoms with Gasteiger partial charge in [0.25, 0.3) is 0 Å². The van der Waals surface area contributed by atoms with Crippen LogP contribution in [0, 0.1) is 0 Å². The molecular formula is C16H12N2. The van der Waals surface area contributed by atoms with E-state index < -0.39 is 0 Å². The van der Waals surface area contributed by atoms with E-state index >= 15 is 0 Å². The summed E-state index contributed by atoms with van der Waals surface area (Å²) in [4.78, 5) is 4.28. The molecule has 0 saturated carbocycles. The van der Waals surface area contributed by atoms with E-state index in [9.17, 15) is 0 Å². The van der Waals surface area contributed by atoms with Gasteiger partial charge in [0.1, 0.15) is 0 Å². The molecule has 2 heterocycles. The Kier molecular flexibility index (Phi) is 1.92. The molecule has 4 rings (SSSR count). The van der Waals surface area contributed by atoms with Crippen molar-refractivity contribution in [3.05, 3.63) is 78.2 Å². The van der Waals surface area contributed by atoms with Crippen LogP contribution in [0.5, 0.6) is 0 Å². The number of hydrogen-bond acceptors (Lipinski definition) is 1. The third-order valence-electron chi connectivity index (χ3n) is 3.59. The molecule has 0 radical (unpaired) electrons. The Labute approximate surface area is 106 Å². The minimum absolute atomic E-state index is 0.264. The Balaban J connectivity index is 2.00. The van der Waals surface area contributed by atoms with Crippen LogP contribution in [-0.4, -0.2) is 9.55 Å². The van der Waals surface area contributed by atoms with E-state index in [2.05, 4.69) is 64.1 Å². The van der Waals surface area contributed by atoms with Gasteiger partial charge < -0.3 is 4.57 Å². The van der Waals surface area contributed by atoms with Crippen molar-refractivity contribution in [2.75, 3.05) is 0 Å². The highest BCUT2D eigenvalue weighted by Gasteiger charge is 2.28. The van der Waals surface area contributed by atoms with Crippen molar-refractivity contribution in [1.29, 1.82) is 0 Å². The maximum Gasteiger partial charge on any atom is 0.0959 e. The molecule has 1 aromatic heterocycles. The second-order valence-electron chi connectivity index (χ2n) is 4.59. The minimum atomic E-state index is 0.264. The van der Waals surface area contributed by atoms with Gasteiger partial charge >= 0.3 is 0 Å². The monoisotopic (exact) mass is 232 g/mol. The Morgan fingerprint density at radius 1 is 0.889 bits per heavy atom. The molecule has 0 aliphatic carbocycles. The number of aromatic nitrogens is 2. The molecule has 18 heavy (non-hydrogen) atoms. The highest BCUT2D eigenvalue weighted by atomic mass is 15.1. The first-order valence-electron chi connectivity index (χ1n) is 6.11. The van der Waals surface area contributed by atoms with Gasteiger partial charge in [-0.05, 0) is 11.1 Å². The van der Waals surface area contributed by atoms with Crippen LogP contribution in [0.15, 0.2) is 67.1 Å². The van der Waals surface area contributed by atoms with E-state index in [4.69, 9.17) is 0 Å². The molecule has 0 bridgehead atoms. The van der Waals surface area contributed by atoms with Crippen LogP contribution in [0.1, 0.15) is 17.2 Å². The summed E-state index contributed by atoms with van der Waals surface area (Å²) in [5, 5.41) is 0. The number of imidazole rings is 1. The third-order valence-corrected chi connectivity index (χ3v) is 3.59. The summed E-state index contributed by atoms with van der Waals surface area (Å²) >= 11 is 0. The molecule has 0 fully saturated rings. The zero-order chi connectivity index (χ0) is 11.9. The second-order valence-corrected chi connectivity index (χ2v) is 4.59. The normalized spacial score (nSPS) is 16.3. The lowest BCUT2D eigenvalue weighted by atomic mass is 9.97. The SMILES string of the molecule is c1ccc(C2c3ccccc3-c3cncn32)cc1. The van der Waals surface area contributed by atoms with Crippen LogP contribution in [0.3, 0.4) is 0 Å². The average molecular weight is 232 g/mol. The van der Waals surface area contributed by atoms with Crippen LogP contribution in [0.4, 0.5) is 0 Å². The van der Waals surface area contributed by atoms with E-state index in [1.807, 2.05) is 12.5 Å². The topological polar surface area (TPSA) is 17.8 Å². The van der Waals surface area contributed by atoms with Crippen LogP contribution >= 0.6 is 0 Å². The number of benzene rings is 2. The predicted molar refractivity (Wildman–Crippen MR) is 71.3 cm³/mol. The Bertz CT molecular complexity index is 698. The summed E-state index contributed by atoms with van der Waals surface area (Å²) in [7, 11) is 0. The lowest BCUT2D eigenvalue weighted by Gasteiger charge is -2.14. The highest BCUT2D eigenvalue weighted by molar-refractivity contribution is 5.70. The molecule has 1 aliphatic rings. The summed E-state index contributed by atoms with van der Waals surface area (Å²) < 4.78 is 2.25. The lowest BCUT2D eigenvalue weighted by Crippen LogP contribution is -2.06. The Morgan fingerprint density at radius 2 is 1.67 bits per heavy atom. The number of hydrogen-bond donors (Lipinski definition) is 0. The van der Waals surface area contributed by atoms with Crippen molar-refractivity contribution in [3.8, 4) is 11.3 Å². The fourth-order valence-corrected chi connectivity index (χ4v) is 2.81. The zero-order valence-corrected chi connectivity index (χ0v) is 9.82. The van der Waals surface area contributed by atoms with Gasteiger partial charge in [-0.15, -0.1) is 0 Å². The van der Waals surface area contributed by atoms with E-state index in [0.717, 1.165) is 0 Å². The largest absolute Gasteiger partial charge is 0.319 e. The van der Waals surface area contributed by atoms with Crippen LogP contribution < -0.4 is 0 Å². The number of nitrogens with zero attached hydrogens (tertiary/aromatic N) is 2. The van der Waals surface area contributed by atoms with Gasteiger partial charge in [-0.2, -0.15) is 0 Å². The highest BCUT2D eigenvalue weighted by Crippen LogP contribution is 2.42. The first kappa shape index (κ1) is 9.66. The van der Waals surface area contributed by atoms with Crippen LogP contribution in [0.25, 0.3) is 11.3 Å². The molecule has 3 aromatic rings. The summed E-state index contributed by atoms with van der Waals surface area (Å²) in [6.45, 7) is 0. The molecule has 1 unspecified atom stereocenters. The molecule has 0 saturated heterocycles. The number of rotatable bonds is 1. The molecule has 1 aliphatic heterocycles. The molecule has 2 nitrogen and oxygen atoms in total. The maximum absolute atomic E-state index is 4.28. The second kappa shape index (κ2) is 3.57. The molecule has 86 valence electrons. The van der Waals surface area contributed by atoms with Crippen molar-refractivity contribution in [1.82, 2.24) is 9.55 Å². The van der Waals surface area contributed by atoms with Gasteiger partial charge in [0.2, 0.25) is 0 Å². The summed E-state index contributed by atoms with van der Waals surface area (Å²) in [5.74, 6) is 0. The van der Waals surface area contributed by atoms with Gasteiger partial charge in [-0.3, -0.25) is 0 Å². The van der Waals surface area contributed by atoms with E-state index in [1.54, 1.807) is 0 Å². The Morgan fingerprint density at radius 3 is 2.56 bits per heavy atom. The van der Waals surface area contributed by atoms with Crippen molar-refractivity contribution >= 4 is 0 Å². The average Bonchev–Trinajstić information content (AvgIpc) is 2.99. The van der Waals surface area contributed by atoms with Gasteiger partial charge in [-0.1, -0.05) is 54.6 Å². The molecule has 0 amide bonds. The van der Waals surface area contributed by atoms with Gasteiger partial charge in [0.05, 0.1) is 24.3 Å². The fraction of sp³-hybridized carbons (Fsp3) is 0.0625. The maximum atomic E-state index is 4.28. The third kappa shape index (κ3) is 1.20. The fourth-order valence-electron chi connectivity index (χ4n) is 2.81. The van der Waals surface area contributed by atoms with Gasteiger partial charge in [0.15, 0.2) is 0 Å². The summed E-state index contributed by atoms with van der Waals surface area (Å²) in [6, 6.07) is 19.4. The predicted octanol–water partition coefficient (Wildman–Crippen LogP) is 3.50. The molecular weight excluding hydrogens is 220 g/mol. The first-order chi connectivity index (χ1) is 8.95. The smallest absolute Gasteiger partial charge is 0.0959 e. The summed E-state index contributed by atoms with van der Waals surface area (Å²) in [6.07, 6.45) is 3.87. The molecule has 0 N–H and O–H groups in total. The van der Waals surface area contributed by atoms with Crippen molar-refractivity contribution in [2.45, 2.75) is 6.04 Å². The van der Waals surface area contributed by atoms with E-state index in [1.165, 1.54) is 22.4 Å². The lowest BCUT2D eigenvalue weighted by molar-refractivity contribution is 0.712. The zero-order valence-electron chi connectivity index (χ0n) is 9.82. The molecule has 0 spiro atoms. The molecule has 1 atom stereocenters. The van der Waals surface area contributed by atoms with Crippen LogP contribution in [0.2, 0.25) is 0 Å². The van der Waals surface area contributed by atoms with Crippen molar-refractivity contribution in [2.24, 2.45) is 0 Å². The minimum Gasteiger partial charge on any atom is -0.319 e. The van der Waals surface area contributed by atoms with Crippen LogP contribution in [-0.2, 0) is 0 Å². The molecule has 2 heteroatoms.